The van der Waals surface area contributed by atoms with Crippen molar-refractivity contribution in [2.45, 2.75) is 18.1 Å². The molecular weight excluding hydrogens is 323 g/mol. The van der Waals surface area contributed by atoms with E-state index in [2.05, 4.69) is 9.88 Å². The van der Waals surface area contributed by atoms with E-state index >= 15 is 0 Å². The van der Waals surface area contributed by atoms with E-state index in [0.717, 1.165) is 31.3 Å². The number of halogens is 3. The monoisotopic (exact) mass is 335 g/mol. The number of aryl methyl sites for hydroxylation is 1. The highest BCUT2D eigenvalue weighted by molar-refractivity contribution is 7.92. The van der Waals surface area contributed by atoms with Crippen molar-refractivity contribution >= 4 is 21.5 Å². The molecule has 0 spiro atoms. The van der Waals surface area contributed by atoms with E-state index in [1.54, 1.807) is 6.92 Å². The van der Waals surface area contributed by atoms with Crippen LogP contribution in [0.25, 0.3) is 0 Å². The molecule has 0 aliphatic rings. The fourth-order valence-electron chi connectivity index (χ4n) is 1.61. The number of rotatable bonds is 4. The highest BCUT2D eigenvalue weighted by Crippen LogP contribution is 2.27. The minimum Gasteiger partial charge on any atom is -0.360 e. The molecule has 1 N–H and O–H groups in total. The first kappa shape index (κ1) is 16.1. The Kier molecular flexibility index (Phi) is 4.05. The van der Waals surface area contributed by atoms with Gasteiger partial charge >= 0.3 is 6.30 Å². The van der Waals surface area contributed by atoms with E-state index < -0.39 is 16.3 Å². The molecule has 0 bridgehead atoms. The maximum Gasteiger partial charge on any atom is 0.484 e. The molecule has 2 aromatic rings. The van der Waals surface area contributed by atoms with Crippen LogP contribution in [0, 0.1) is 6.92 Å². The number of aromatic nitrogens is 1. The van der Waals surface area contributed by atoms with Crippen LogP contribution in [0.5, 0.6) is 0 Å². The Balaban J connectivity index is 2.22. The number of hydrogen-bond donors (Lipinski definition) is 1. The zero-order chi connectivity index (χ0) is 16.5. The van der Waals surface area contributed by atoms with E-state index in [4.69, 9.17) is 4.52 Å². The van der Waals surface area contributed by atoms with E-state index in [9.17, 15) is 21.6 Å². The Morgan fingerprint density at radius 3 is 2.27 bits per heavy atom. The lowest BCUT2D eigenvalue weighted by Crippen LogP contribution is -2.33. The van der Waals surface area contributed by atoms with Crippen LogP contribution >= 0.6 is 0 Å². The van der Waals surface area contributed by atoms with E-state index in [1.165, 1.54) is 6.07 Å². The summed E-state index contributed by atoms with van der Waals surface area (Å²) >= 11 is 0. The largest absolute Gasteiger partial charge is 0.484 e. The number of nitrogens with one attached hydrogen (secondary N) is 1. The summed E-state index contributed by atoms with van der Waals surface area (Å²) in [7, 11) is -3.10. The van der Waals surface area contributed by atoms with E-state index in [-0.39, 0.29) is 21.3 Å². The van der Waals surface area contributed by atoms with Gasteiger partial charge in [-0.1, -0.05) is 5.16 Å². The molecule has 2 rings (SSSR count). The lowest BCUT2D eigenvalue weighted by atomic mass is 10.3. The Bertz CT molecular complexity index is 754. The van der Waals surface area contributed by atoms with Crippen LogP contribution in [0.2, 0.25) is 0 Å². The predicted molar refractivity (Wildman–Crippen MR) is 72.9 cm³/mol. The molecule has 1 aromatic carbocycles. The topological polar surface area (TPSA) is 75.4 Å². The van der Waals surface area contributed by atoms with Crippen LogP contribution in [0.1, 0.15) is 5.76 Å². The fraction of sp³-hybridized carbons (Fsp3) is 0.250. The number of anilines is 2. The van der Waals surface area contributed by atoms with Crippen LogP contribution in [-0.2, 0) is 10.0 Å². The molecule has 0 aliphatic carbocycles. The van der Waals surface area contributed by atoms with Crippen LogP contribution in [0.3, 0.4) is 0 Å². The highest BCUT2D eigenvalue weighted by atomic mass is 32.2. The summed E-state index contributed by atoms with van der Waals surface area (Å²) in [6, 6.07) is 5.66. The van der Waals surface area contributed by atoms with Gasteiger partial charge in [-0.05, 0) is 31.2 Å². The summed E-state index contributed by atoms with van der Waals surface area (Å²) in [5.41, 5.74) is -0.177. The normalized spacial score (nSPS) is 12.2. The molecule has 0 saturated carbocycles. The number of nitrogens with zero attached hydrogens (tertiary/aromatic N) is 2. The molecule has 6 nitrogen and oxygen atoms in total. The fourth-order valence-corrected chi connectivity index (χ4v) is 2.59. The summed E-state index contributed by atoms with van der Waals surface area (Å²) in [5.74, 6) is 0.411. The Hall–Kier alpha value is -2.23. The molecule has 1 aromatic heterocycles. The van der Waals surface area contributed by atoms with Gasteiger partial charge in [0.25, 0.3) is 10.0 Å². The molecule has 1 heterocycles. The second-order valence-corrected chi connectivity index (χ2v) is 6.13. The number of sulfonamides is 1. The lowest BCUT2D eigenvalue weighted by molar-refractivity contribution is -0.125. The minimum absolute atomic E-state index is 0.00557. The zero-order valence-corrected chi connectivity index (χ0v) is 12.4. The van der Waals surface area contributed by atoms with Crippen LogP contribution in [0.15, 0.2) is 39.8 Å². The summed E-state index contributed by atoms with van der Waals surface area (Å²) in [4.78, 5) is -0.106. The van der Waals surface area contributed by atoms with Crippen molar-refractivity contribution < 1.29 is 26.1 Å². The first-order valence-electron chi connectivity index (χ1n) is 5.96. The average Bonchev–Trinajstić information content (AvgIpc) is 2.81. The predicted octanol–water partition coefficient (Wildman–Crippen LogP) is 2.74. The smallest absolute Gasteiger partial charge is 0.360 e. The lowest BCUT2D eigenvalue weighted by Gasteiger charge is -2.22. The summed E-state index contributed by atoms with van der Waals surface area (Å²) < 4.78 is 68.6. The molecule has 0 radical (unpaired) electrons. The molecule has 0 fully saturated rings. The van der Waals surface area contributed by atoms with Gasteiger partial charge < -0.3 is 4.52 Å². The van der Waals surface area contributed by atoms with E-state index in [0.29, 0.717) is 5.76 Å². The average molecular weight is 335 g/mol. The molecule has 22 heavy (non-hydrogen) atoms. The third-order valence-corrected chi connectivity index (χ3v) is 4.15. The van der Waals surface area contributed by atoms with Gasteiger partial charge in [0.15, 0.2) is 5.82 Å². The maximum atomic E-state index is 12.5. The Labute approximate surface area is 124 Å². The summed E-state index contributed by atoms with van der Waals surface area (Å²) in [5, 5.41) is 3.48. The van der Waals surface area contributed by atoms with Crippen molar-refractivity contribution in [3.05, 3.63) is 36.1 Å². The molecule has 10 heteroatoms. The minimum atomic E-state index is -4.54. The van der Waals surface area contributed by atoms with Crippen LogP contribution in [-0.4, -0.2) is 26.9 Å². The molecule has 120 valence electrons. The number of benzene rings is 1. The molecule has 0 amide bonds. The molecule has 0 unspecified atom stereocenters. The zero-order valence-electron chi connectivity index (χ0n) is 11.5. The van der Waals surface area contributed by atoms with Crippen LogP contribution < -0.4 is 9.62 Å². The Morgan fingerprint density at radius 2 is 1.82 bits per heavy atom. The maximum absolute atomic E-state index is 12.5. The molecule has 0 atom stereocenters. The van der Waals surface area contributed by atoms with Crippen molar-refractivity contribution in [1.29, 1.82) is 0 Å². The quantitative estimate of drug-likeness (QED) is 0.870. The van der Waals surface area contributed by atoms with Gasteiger partial charge in [0.05, 0.1) is 4.90 Å². The van der Waals surface area contributed by atoms with E-state index in [1.807, 2.05) is 0 Å². The molecule has 0 aliphatic heterocycles. The van der Waals surface area contributed by atoms with Gasteiger partial charge in [0.2, 0.25) is 0 Å². The first-order valence-corrected chi connectivity index (χ1v) is 7.45. The van der Waals surface area contributed by atoms with Gasteiger partial charge in [-0.3, -0.25) is 9.62 Å². The van der Waals surface area contributed by atoms with Gasteiger partial charge in [-0.25, -0.2) is 8.42 Å². The Morgan fingerprint density at radius 1 is 1.23 bits per heavy atom. The number of hydrogen-bond acceptors (Lipinski definition) is 5. The first-order chi connectivity index (χ1) is 10.1. The van der Waals surface area contributed by atoms with Gasteiger partial charge in [-0.15, -0.1) is 0 Å². The second-order valence-electron chi connectivity index (χ2n) is 4.45. The molecular formula is C12H12F3N3O3S. The third-order valence-electron chi connectivity index (χ3n) is 2.78. The second kappa shape index (κ2) is 5.52. The molecule has 0 saturated heterocycles. The standard InChI is InChI=1S/C12H12F3N3O3S/c1-8-7-11(16-21-8)17-22(19,20)10-5-3-9(4-6-10)18(2)12(13,14)15/h3-7H,1-2H3,(H,16,17). The van der Waals surface area contributed by atoms with Crippen molar-refractivity contribution in [1.82, 2.24) is 5.16 Å². The van der Waals surface area contributed by atoms with Crippen molar-refractivity contribution in [2.24, 2.45) is 0 Å². The highest BCUT2D eigenvalue weighted by Gasteiger charge is 2.34. The SMILES string of the molecule is Cc1cc(NS(=O)(=O)c2ccc(N(C)C(F)(F)F)cc2)no1. The summed E-state index contributed by atoms with van der Waals surface area (Å²) in [6.07, 6.45) is -4.54. The van der Waals surface area contributed by atoms with Crippen molar-refractivity contribution in [3.63, 3.8) is 0 Å². The van der Waals surface area contributed by atoms with Crippen LogP contribution in [0.4, 0.5) is 24.7 Å². The number of alkyl halides is 3. The van der Waals surface area contributed by atoms with Gasteiger partial charge in [0, 0.05) is 18.8 Å². The van der Waals surface area contributed by atoms with Gasteiger partial charge in [0.1, 0.15) is 5.76 Å². The summed E-state index contributed by atoms with van der Waals surface area (Å²) in [6.45, 7) is 1.59. The third kappa shape index (κ3) is 3.50. The van der Waals surface area contributed by atoms with Crippen molar-refractivity contribution in [2.75, 3.05) is 16.7 Å². The van der Waals surface area contributed by atoms with Gasteiger partial charge in [-0.2, -0.15) is 13.2 Å². The van der Waals surface area contributed by atoms with Crippen molar-refractivity contribution in [3.8, 4) is 0 Å².